The van der Waals surface area contributed by atoms with Crippen molar-refractivity contribution >= 4 is 22.6 Å². The van der Waals surface area contributed by atoms with Crippen LogP contribution < -0.4 is 10.4 Å². The van der Waals surface area contributed by atoms with Gasteiger partial charge in [0.2, 0.25) is 0 Å². The largest absolute Gasteiger partial charge is 0.491 e. The van der Waals surface area contributed by atoms with Gasteiger partial charge < -0.3 is 13.9 Å². The topological polar surface area (TPSA) is 48.7 Å². The van der Waals surface area contributed by atoms with Gasteiger partial charge in [-0.1, -0.05) is 0 Å². The van der Waals surface area contributed by atoms with Crippen molar-refractivity contribution in [2.75, 3.05) is 25.7 Å². The van der Waals surface area contributed by atoms with Crippen LogP contribution in [-0.2, 0) is 4.74 Å². The lowest BCUT2D eigenvalue weighted by Crippen LogP contribution is -2.08. The Bertz CT molecular complexity index is 606. The highest BCUT2D eigenvalue weighted by Crippen LogP contribution is 2.22. The van der Waals surface area contributed by atoms with Crippen LogP contribution in [0.5, 0.6) is 5.75 Å². The lowest BCUT2D eigenvalue weighted by Gasteiger charge is -2.07. The number of rotatable bonds is 6. The molecule has 102 valence electrons. The zero-order valence-corrected chi connectivity index (χ0v) is 11.4. The molecular weight excluding hydrogens is 268 g/mol. The minimum atomic E-state index is -0.354. The summed E-state index contributed by atoms with van der Waals surface area (Å²) in [7, 11) is 0. The summed E-state index contributed by atoms with van der Waals surface area (Å²) in [5.41, 5.74) is 1.07. The van der Waals surface area contributed by atoms with Crippen LogP contribution in [0, 0.1) is 6.92 Å². The van der Waals surface area contributed by atoms with Gasteiger partial charge in [0.25, 0.3) is 0 Å². The third-order valence-corrected chi connectivity index (χ3v) is 2.80. The Hall–Kier alpha value is -1.52. The zero-order chi connectivity index (χ0) is 13.7. The lowest BCUT2D eigenvalue weighted by atomic mass is 10.1. The number of alkyl halides is 1. The van der Waals surface area contributed by atoms with Gasteiger partial charge in [-0.25, -0.2) is 4.79 Å². The highest BCUT2D eigenvalue weighted by Gasteiger charge is 2.04. The molecule has 0 N–H and O–H groups in total. The van der Waals surface area contributed by atoms with E-state index in [0.29, 0.717) is 37.0 Å². The van der Waals surface area contributed by atoms with E-state index in [1.165, 1.54) is 6.07 Å². The maximum atomic E-state index is 11.3. The molecule has 2 aromatic rings. The molecule has 4 nitrogen and oxygen atoms in total. The summed E-state index contributed by atoms with van der Waals surface area (Å²) in [5.74, 6) is 1.12. The summed E-state index contributed by atoms with van der Waals surface area (Å²) >= 11 is 5.48. The first-order valence-corrected chi connectivity index (χ1v) is 6.55. The van der Waals surface area contributed by atoms with E-state index in [4.69, 9.17) is 25.5 Å². The molecule has 1 aromatic carbocycles. The summed E-state index contributed by atoms with van der Waals surface area (Å²) in [6, 6.07) is 6.91. The molecule has 19 heavy (non-hydrogen) atoms. The minimum absolute atomic E-state index is 0.354. The van der Waals surface area contributed by atoms with E-state index >= 15 is 0 Å². The quantitative estimate of drug-likeness (QED) is 0.464. The second-order valence-corrected chi connectivity index (χ2v) is 4.43. The summed E-state index contributed by atoms with van der Waals surface area (Å²) in [4.78, 5) is 11.3. The summed E-state index contributed by atoms with van der Waals surface area (Å²) in [6.45, 7) is 3.29. The van der Waals surface area contributed by atoms with Gasteiger partial charge in [0.15, 0.2) is 0 Å². The highest BCUT2D eigenvalue weighted by atomic mass is 35.5. The van der Waals surface area contributed by atoms with Crippen LogP contribution in [-0.4, -0.2) is 25.7 Å². The number of fused-ring (bicyclic) bond motifs is 1. The van der Waals surface area contributed by atoms with Crippen LogP contribution in [0.4, 0.5) is 0 Å². The molecule has 0 aliphatic heterocycles. The first-order chi connectivity index (χ1) is 9.20. The molecule has 0 aliphatic carbocycles. The van der Waals surface area contributed by atoms with Crippen molar-refractivity contribution in [2.45, 2.75) is 6.92 Å². The fourth-order valence-corrected chi connectivity index (χ4v) is 1.88. The average molecular weight is 283 g/mol. The number of aryl methyl sites for hydroxylation is 1. The second-order valence-electron chi connectivity index (χ2n) is 4.06. The third-order valence-electron chi connectivity index (χ3n) is 2.64. The maximum absolute atomic E-state index is 11.3. The van der Waals surface area contributed by atoms with Crippen molar-refractivity contribution in [1.29, 1.82) is 0 Å². The van der Waals surface area contributed by atoms with Gasteiger partial charge in [-0.2, -0.15) is 0 Å². The maximum Gasteiger partial charge on any atom is 0.336 e. The van der Waals surface area contributed by atoms with Crippen LogP contribution in [0.15, 0.2) is 33.5 Å². The number of ether oxygens (including phenoxy) is 2. The van der Waals surface area contributed by atoms with Crippen LogP contribution in [0.3, 0.4) is 0 Å². The first kappa shape index (κ1) is 13.9. The zero-order valence-electron chi connectivity index (χ0n) is 10.6. The van der Waals surface area contributed by atoms with E-state index in [2.05, 4.69) is 0 Å². The van der Waals surface area contributed by atoms with Crippen LogP contribution in [0.25, 0.3) is 11.0 Å². The van der Waals surface area contributed by atoms with Crippen molar-refractivity contribution in [1.82, 2.24) is 0 Å². The van der Waals surface area contributed by atoms with Crippen molar-refractivity contribution in [2.24, 2.45) is 0 Å². The van der Waals surface area contributed by atoms with Gasteiger partial charge in [0.1, 0.15) is 17.9 Å². The molecule has 0 saturated carbocycles. The van der Waals surface area contributed by atoms with E-state index in [-0.39, 0.29) is 5.63 Å². The molecule has 0 bridgehead atoms. The summed E-state index contributed by atoms with van der Waals surface area (Å²) in [6.07, 6.45) is 0. The minimum Gasteiger partial charge on any atom is -0.491 e. The number of halogens is 1. The molecule has 0 unspecified atom stereocenters. The summed E-state index contributed by atoms with van der Waals surface area (Å²) < 4.78 is 15.9. The molecule has 1 heterocycles. The van der Waals surface area contributed by atoms with Crippen molar-refractivity contribution < 1.29 is 13.9 Å². The Morgan fingerprint density at radius 1 is 1.21 bits per heavy atom. The molecular formula is C14H15ClO4. The highest BCUT2D eigenvalue weighted by molar-refractivity contribution is 6.17. The van der Waals surface area contributed by atoms with Crippen molar-refractivity contribution in [3.63, 3.8) is 0 Å². The van der Waals surface area contributed by atoms with Crippen molar-refractivity contribution in [3.8, 4) is 5.75 Å². The monoisotopic (exact) mass is 282 g/mol. The Balaban J connectivity index is 2.07. The molecule has 5 heteroatoms. The second kappa shape index (κ2) is 6.59. The molecule has 0 saturated heterocycles. The molecule has 0 atom stereocenters. The van der Waals surface area contributed by atoms with Crippen LogP contribution >= 0.6 is 11.6 Å². The van der Waals surface area contributed by atoms with E-state index in [0.717, 1.165) is 10.9 Å². The van der Waals surface area contributed by atoms with Gasteiger partial charge in [-0.15, -0.1) is 11.6 Å². The molecule has 0 aliphatic rings. The lowest BCUT2D eigenvalue weighted by molar-refractivity contribution is 0.111. The van der Waals surface area contributed by atoms with Gasteiger partial charge in [-0.05, 0) is 24.6 Å². The van der Waals surface area contributed by atoms with Gasteiger partial charge in [-0.3, -0.25) is 0 Å². The molecule has 1 aromatic heterocycles. The fourth-order valence-electron chi connectivity index (χ4n) is 1.77. The summed E-state index contributed by atoms with van der Waals surface area (Å²) in [5, 5.41) is 0.908. The van der Waals surface area contributed by atoms with Gasteiger partial charge >= 0.3 is 5.63 Å². The SMILES string of the molecule is Cc1cc(=O)oc2cc(OCCOCCCl)ccc12. The number of benzene rings is 1. The Morgan fingerprint density at radius 2 is 2.05 bits per heavy atom. The molecule has 0 radical (unpaired) electrons. The number of hydrogen-bond acceptors (Lipinski definition) is 4. The van der Waals surface area contributed by atoms with E-state index < -0.39 is 0 Å². The Kier molecular flexibility index (Phi) is 4.82. The normalized spacial score (nSPS) is 10.8. The van der Waals surface area contributed by atoms with Gasteiger partial charge in [0, 0.05) is 23.4 Å². The van der Waals surface area contributed by atoms with E-state index in [9.17, 15) is 4.79 Å². The third kappa shape index (κ3) is 3.72. The van der Waals surface area contributed by atoms with Crippen LogP contribution in [0.2, 0.25) is 0 Å². The Labute approximate surface area is 115 Å². The van der Waals surface area contributed by atoms with Crippen molar-refractivity contribution in [3.05, 3.63) is 40.2 Å². The molecule has 0 spiro atoms. The van der Waals surface area contributed by atoms with E-state index in [1.54, 1.807) is 6.07 Å². The first-order valence-electron chi connectivity index (χ1n) is 6.02. The molecule has 0 fully saturated rings. The Morgan fingerprint density at radius 3 is 2.84 bits per heavy atom. The average Bonchev–Trinajstić information content (AvgIpc) is 2.38. The number of hydrogen-bond donors (Lipinski definition) is 0. The predicted octanol–water partition coefficient (Wildman–Crippen LogP) is 2.74. The smallest absolute Gasteiger partial charge is 0.336 e. The van der Waals surface area contributed by atoms with Gasteiger partial charge in [0.05, 0.1) is 13.2 Å². The molecule has 2 rings (SSSR count). The van der Waals surface area contributed by atoms with Crippen LogP contribution in [0.1, 0.15) is 5.56 Å². The predicted molar refractivity (Wildman–Crippen MR) is 74.3 cm³/mol. The van der Waals surface area contributed by atoms with E-state index in [1.807, 2.05) is 19.1 Å². The fraction of sp³-hybridized carbons (Fsp3) is 0.357. The molecule has 0 amide bonds. The standard InChI is InChI=1S/C14H15ClO4/c1-10-8-14(16)19-13-9-11(2-3-12(10)13)18-7-6-17-5-4-15/h2-3,8-9H,4-7H2,1H3.